The van der Waals surface area contributed by atoms with Gasteiger partial charge in [-0.3, -0.25) is 4.79 Å². The summed E-state index contributed by atoms with van der Waals surface area (Å²) in [5.41, 5.74) is 7.67. The number of primary amides is 1. The highest BCUT2D eigenvalue weighted by molar-refractivity contribution is 5.92. The Labute approximate surface area is 131 Å². The first-order valence-electron chi connectivity index (χ1n) is 7.21. The number of carbonyl (C=O) groups excluding carboxylic acids is 1. The molecule has 2 rings (SSSR count). The second kappa shape index (κ2) is 6.62. The van der Waals surface area contributed by atoms with E-state index in [1.54, 1.807) is 13.2 Å². The molecule has 0 fully saturated rings. The molecule has 2 aromatic rings. The third-order valence-electron chi connectivity index (χ3n) is 3.73. The van der Waals surface area contributed by atoms with E-state index >= 15 is 0 Å². The molecule has 0 radical (unpaired) electrons. The molecule has 0 bridgehead atoms. The van der Waals surface area contributed by atoms with E-state index in [1.807, 2.05) is 42.5 Å². The lowest BCUT2D eigenvalue weighted by molar-refractivity contribution is 0.1000. The van der Waals surface area contributed by atoms with Gasteiger partial charge in [-0.2, -0.15) is 0 Å². The number of hydrogen-bond donors (Lipinski definition) is 2. The molecular formula is C18H22N2O2. The number of amides is 1. The second-order valence-electron chi connectivity index (χ2n) is 5.74. The average molecular weight is 298 g/mol. The van der Waals surface area contributed by atoms with Crippen molar-refractivity contribution in [3.05, 3.63) is 65.2 Å². The lowest BCUT2D eigenvalue weighted by Gasteiger charge is -2.28. The Morgan fingerprint density at radius 3 is 2.59 bits per heavy atom. The Hall–Kier alpha value is -2.33. The fraction of sp³-hybridized carbons (Fsp3) is 0.278. The fourth-order valence-electron chi connectivity index (χ4n) is 2.41. The number of hydrogen-bond acceptors (Lipinski definition) is 3. The van der Waals surface area contributed by atoms with Crippen LogP contribution in [0.15, 0.2) is 48.5 Å². The molecule has 0 unspecified atom stereocenters. The molecule has 0 saturated heterocycles. The number of nitrogens with one attached hydrogen (secondary N) is 1. The summed E-state index contributed by atoms with van der Waals surface area (Å²) in [6.07, 6.45) is 0. The molecule has 0 saturated carbocycles. The van der Waals surface area contributed by atoms with Gasteiger partial charge in [-0.25, -0.2) is 0 Å². The Balaban J connectivity index is 2.16. The van der Waals surface area contributed by atoms with Gasteiger partial charge < -0.3 is 15.8 Å². The highest BCUT2D eigenvalue weighted by Gasteiger charge is 2.23. The van der Waals surface area contributed by atoms with Crippen LogP contribution in [0.25, 0.3) is 0 Å². The maximum Gasteiger partial charge on any atom is 0.248 e. The molecule has 2 aromatic carbocycles. The van der Waals surface area contributed by atoms with E-state index in [0.29, 0.717) is 12.1 Å². The highest BCUT2D eigenvalue weighted by atomic mass is 16.5. The van der Waals surface area contributed by atoms with Crippen molar-refractivity contribution in [3.8, 4) is 5.75 Å². The lowest BCUT2D eigenvalue weighted by atomic mass is 9.93. The molecule has 22 heavy (non-hydrogen) atoms. The molecule has 0 atom stereocenters. The van der Waals surface area contributed by atoms with E-state index in [1.165, 1.54) is 0 Å². The molecule has 4 heteroatoms. The summed E-state index contributed by atoms with van der Waals surface area (Å²) >= 11 is 0. The SMILES string of the molecule is COc1ccccc1C(C)(C)NCc1cccc(C(N)=O)c1. The topological polar surface area (TPSA) is 64.3 Å². The van der Waals surface area contributed by atoms with Crippen LogP contribution < -0.4 is 15.8 Å². The Morgan fingerprint density at radius 2 is 1.91 bits per heavy atom. The van der Waals surface area contributed by atoms with Gasteiger partial charge in [-0.05, 0) is 37.6 Å². The zero-order valence-electron chi connectivity index (χ0n) is 13.2. The first kappa shape index (κ1) is 16.0. The van der Waals surface area contributed by atoms with E-state index in [-0.39, 0.29) is 5.54 Å². The van der Waals surface area contributed by atoms with E-state index in [0.717, 1.165) is 16.9 Å². The van der Waals surface area contributed by atoms with Crippen LogP contribution in [0.1, 0.15) is 35.3 Å². The summed E-state index contributed by atoms with van der Waals surface area (Å²) in [5, 5.41) is 3.50. The predicted molar refractivity (Wildman–Crippen MR) is 87.8 cm³/mol. The largest absolute Gasteiger partial charge is 0.496 e. The minimum Gasteiger partial charge on any atom is -0.496 e. The van der Waals surface area contributed by atoms with Gasteiger partial charge in [0, 0.05) is 23.2 Å². The summed E-state index contributed by atoms with van der Waals surface area (Å²) in [6, 6.07) is 15.3. The van der Waals surface area contributed by atoms with Gasteiger partial charge in [0.1, 0.15) is 5.75 Å². The van der Waals surface area contributed by atoms with Gasteiger partial charge in [0.2, 0.25) is 5.91 Å². The van der Waals surface area contributed by atoms with Crippen LogP contribution in [0, 0.1) is 0 Å². The average Bonchev–Trinajstić information content (AvgIpc) is 2.53. The van der Waals surface area contributed by atoms with Gasteiger partial charge in [-0.15, -0.1) is 0 Å². The monoisotopic (exact) mass is 298 g/mol. The minimum absolute atomic E-state index is 0.269. The highest BCUT2D eigenvalue weighted by Crippen LogP contribution is 2.29. The standard InChI is InChI=1S/C18H22N2O2/c1-18(2,15-9-4-5-10-16(15)22-3)20-12-13-7-6-8-14(11-13)17(19)21/h4-11,20H,12H2,1-3H3,(H2,19,21). The molecule has 0 spiro atoms. The van der Waals surface area contributed by atoms with Crippen molar-refractivity contribution in [3.63, 3.8) is 0 Å². The molecule has 0 aliphatic carbocycles. The number of ether oxygens (including phenoxy) is 1. The number of para-hydroxylation sites is 1. The quantitative estimate of drug-likeness (QED) is 0.862. The zero-order chi connectivity index (χ0) is 16.2. The molecular weight excluding hydrogens is 276 g/mol. The Kier molecular flexibility index (Phi) is 4.83. The smallest absolute Gasteiger partial charge is 0.248 e. The minimum atomic E-state index is -0.411. The van der Waals surface area contributed by atoms with Crippen LogP contribution >= 0.6 is 0 Å². The molecule has 4 nitrogen and oxygen atoms in total. The van der Waals surface area contributed by atoms with Crippen LogP contribution in [-0.2, 0) is 12.1 Å². The van der Waals surface area contributed by atoms with E-state index in [9.17, 15) is 4.79 Å². The first-order chi connectivity index (χ1) is 10.4. The molecule has 0 aromatic heterocycles. The van der Waals surface area contributed by atoms with Crippen LogP contribution in [-0.4, -0.2) is 13.0 Å². The Bertz CT molecular complexity index is 666. The van der Waals surface area contributed by atoms with Gasteiger partial charge >= 0.3 is 0 Å². The molecule has 3 N–H and O–H groups in total. The van der Waals surface area contributed by atoms with Crippen molar-refractivity contribution in [1.82, 2.24) is 5.32 Å². The zero-order valence-corrected chi connectivity index (χ0v) is 13.2. The van der Waals surface area contributed by atoms with Crippen LogP contribution in [0.3, 0.4) is 0 Å². The lowest BCUT2D eigenvalue weighted by Crippen LogP contribution is -2.36. The van der Waals surface area contributed by atoms with Crippen LogP contribution in [0.4, 0.5) is 0 Å². The number of nitrogens with two attached hydrogens (primary N) is 1. The van der Waals surface area contributed by atoms with Crippen molar-refractivity contribution in [2.45, 2.75) is 25.9 Å². The third kappa shape index (κ3) is 3.65. The van der Waals surface area contributed by atoms with Crippen LogP contribution in [0.2, 0.25) is 0 Å². The van der Waals surface area contributed by atoms with Gasteiger partial charge in [0.25, 0.3) is 0 Å². The maximum atomic E-state index is 11.2. The second-order valence-corrected chi connectivity index (χ2v) is 5.74. The van der Waals surface area contributed by atoms with E-state index in [2.05, 4.69) is 19.2 Å². The van der Waals surface area contributed by atoms with Crippen molar-refractivity contribution in [2.24, 2.45) is 5.73 Å². The number of methoxy groups -OCH3 is 1. The van der Waals surface area contributed by atoms with Crippen LogP contribution in [0.5, 0.6) is 5.75 Å². The molecule has 116 valence electrons. The number of carbonyl (C=O) groups is 1. The van der Waals surface area contributed by atoms with Crippen molar-refractivity contribution in [2.75, 3.05) is 7.11 Å². The van der Waals surface area contributed by atoms with Gasteiger partial charge in [-0.1, -0.05) is 30.3 Å². The predicted octanol–water partition coefficient (Wildman–Crippen LogP) is 2.82. The molecule has 0 heterocycles. The summed E-state index contributed by atoms with van der Waals surface area (Å²) in [6.45, 7) is 4.83. The summed E-state index contributed by atoms with van der Waals surface area (Å²) < 4.78 is 5.43. The maximum absolute atomic E-state index is 11.2. The van der Waals surface area contributed by atoms with Crippen molar-refractivity contribution in [1.29, 1.82) is 0 Å². The molecule has 1 amide bonds. The Morgan fingerprint density at radius 1 is 1.18 bits per heavy atom. The summed E-state index contributed by atoms with van der Waals surface area (Å²) in [5.74, 6) is 0.441. The summed E-state index contributed by atoms with van der Waals surface area (Å²) in [4.78, 5) is 11.2. The van der Waals surface area contributed by atoms with Gasteiger partial charge in [0.15, 0.2) is 0 Å². The summed E-state index contributed by atoms with van der Waals surface area (Å²) in [7, 11) is 1.67. The molecule has 0 aliphatic rings. The number of benzene rings is 2. The normalized spacial score (nSPS) is 11.2. The van der Waals surface area contributed by atoms with Crippen molar-refractivity contribution < 1.29 is 9.53 Å². The van der Waals surface area contributed by atoms with E-state index in [4.69, 9.17) is 10.5 Å². The first-order valence-corrected chi connectivity index (χ1v) is 7.21. The fourth-order valence-corrected chi connectivity index (χ4v) is 2.41. The van der Waals surface area contributed by atoms with Crippen molar-refractivity contribution >= 4 is 5.91 Å². The third-order valence-corrected chi connectivity index (χ3v) is 3.73. The number of rotatable bonds is 6. The van der Waals surface area contributed by atoms with E-state index < -0.39 is 5.91 Å². The van der Waals surface area contributed by atoms with Gasteiger partial charge in [0.05, 0.1) is 7.11 Å². The molecule has 0 aliphatic heterocycles.